The van der Waals surface area contributed by atoms with Gasteiger partial charge in [-0.1, -0.05) is 24.3 Å². The second kappa shape index (κ2) is 6.46. The van der Waals surface area contributed by atoms with Gasteiger partial charge in [-0.05, 0) is 59.2 Å². The molecule has 0 radical (unpaired) electrons. The number of hydrogen-bond acceptors (Lipinski definition) is 4. The largest absolute Gasteiger partial charge is 0.508 e. The predicted molar refractivity (Wildman–Crippen MR) is 96.1 cm³/mol. The maximum atomic E-state index is 11.5. The van der Waals surface area contributed by atoms with Gasteiger partial charge in [0.05, 0.1) is 0 Å². The summed E-state index contributed by atoms with van der Waals surface area (Å²) < 4.78 is 0. The van der Waals surface area contributed by atoms with E-state index in [1.54, 1.807) is 12.1 Å². The molecule has 0 bridgehead atoms. The third-order valence-electron chi connectivity index (χ3n) is 4.05. The highest BCUT2D eigenvalue weighted by Gasteiger charge is 2.20. The number of aromatic hydroxyl groups is 1. The summed E-state index contributed by atoms with van der Waals surface area (Å²) in [6.07, 6.45) is 0.802. The van der Waals surface area contributed by atoms with E-state index >= 15 is 0 Å². The molecule has 0 aliphatic carbocycles. The lowest BCUT2D eigenvalue weighted by Gasteiger charge is -2.21. The molecule has 3 rings (SSSR count). The van der Waals surface area contributed by atoms with E-state index in [0.29, 0.717) is 16.9 Å². The fourth-order valence-corrected chi connectivity index (χ4v) is 2.85. The second-order valence-corrected chi connectivity index (χ2v) is 5.70. The maximum Gasteiger partial charge on any atom is 0.150 e. The van der Waals surface area contributed by atoms with Crippen LogP contribution >= 0.6 is 0 Å². The van der Waals surface area contributed by atoms with Crippen molar-refractivity contribution in [2.45, 2.75) is 5.92 Å². The van der Waals surface area contributed by atoms with Crippen molar-refractivity contribution in [1.82, 2.24) is 0 Å². The van der Waals surface area contributed by atoms with Crippen molar-refractivity contribution in [1.29, 1.82) is 0 Å². The van der Waals surface area contributed by atoms with E-state index in [1.807, 2.05) is 48.5 Å². The quantitative estimate of drug-likeness (QED) is 0.390. The molecule has 3 aromatic carbocycles. The summed E-state index contributed by atoms with van der Waals surface area (Å²) in [7, 11) is 0. The van der Waals surface area contributed by atoms with Crippen molar-refractivity contribution < 1.29 is 9.90 Å². The number of carbonyl (C=O) groups excluding carboxylic acids is 1. The van der Waals surface area contributed by atoms with Crippen LogP contribution in [0.4, 0.5) is 11.4 Å². The Morgan fingerprint density at radius 2 is 1.29 bits per heavy atom. The highest BCUT2D eigenvalue weighted by atomic mass is 16.3. The molecule has 0 unspecified atom stereocenters. The summed E-state index contributed by atoms with van der Waals surface area (Å²) in [5.74, 6) is -0.0926. The van der Waals surface area contributed by atoms with Gasteiger partial charge in [-0.3, -0.25) is 4.79 Å². The fraction of sp³-hybridized carbons (Fsp3) is 0.0500. The average molecular weight is 318 g/mol. The van der Waals surface area contributed by atoms with E-state index in [4.69, 9.17) is 11.5 Å². The van der Waals surface area contributed by atoms with Gasteiger partial charge in [0.2, 0.25) is 0 Å². The number of aldehydes is 1. The zero-order valence-electron chi connectivity index (χ0n) is 13.0. The minimum atomic E-state index is -0.210. The molecule has 120 valence electrons. The maximum absolute atomic E-state index is 11.5. The first-order valence-corrected chi connectivity index (χ1v) is 7.57. The van der Waals surface area contributed by atoms with Crippen LogP contribution in [0.15, 0.2) is 66.7 Å². The number of nitrogen functional groups attached to an aromatic ring is 2. The summed E-state index contributed by atoms with van der Waals surface area (Å²) in [4.78, 5) is 11.5. The van der Waals surface area contributed by atoms with Gasteiger partial charge in [0.25, 0.3) is 0 Å². The third kappa shape index (κ3) is 3.08. The number of rotatable bonds is 4. The number of benzene rings is 3. The van der Waals surface area contributed by atoms with Crippen LogP contribution in [0, 0.1) is 0 Å². The van der Waals surface area contributed by atoms with Crippen molar-refractivity contribution >= 4 is 17.7 Å². The minimum absolute atomic E-state index is 0.117. The van der Waals surface area contributed by atoms with Crippen molar-refractivity contribution in [3.05, 3.63) is 89.0 Å². The smallest absolute Gasteiger partial charge is 0.150 e. The number of anilines is 2. The van der Waals surface area contributed by atoms with Crippen molar-refractivity contribution in [3.8, 4) is 5.75 Å². The molecule has 0 atom stereocenters. The molecule has 0 aliphatic rings. The number of carbonyl (C=O) groups is 1. The van der Waals surface area contributed by atoms with Gasteiger partial charge in [0.15, 0.2) is 0 Å². The molecular weight excluding hydrogens is 300 g/mol. The number of hydrogen-bond donors (Lipinski definition) is 3. The van der Waals surface area contributed by atoms with Crippen LogP contribution in [-0.4, -0.2) is 11.4 Å². The van der Waals surface area contributed by atoms with E-state index in [9.17, 15) is 9.90 Å². The van der Waals surface area contributed by atoms with Gasteiger partial charge < -0.3 is 16.6 Å². The van der Waals surface area contributed by atoms with E-state index in [-0.39, 0.29) is 11.7 Å². The van der Waals surface area contributed by atoms with Crippen LogP contribution in [0.1, 0.15) is 33.0 Å². The van der Waals surface area contributed by atoms with Crippen LogP contribution in [-0.2, 0) is 0 Å². The minimum Gasteiger partial charge on any atom is -0.508 e. The zero-order valence-corrected chi connectivity index (χ0v) is 13.0. The SMILES string of the molecule is Nc1ccc(C(c2ccc(N)cc2)c2cc(O)ccc2C=O)cc1. The van der Waals surface area contributed by atoms with Crippen molar-refractivity contribution in [3.63, 3.8) is 0 Å². The Morgan fingerprint density at radius 3 is 1.75 bits per heavy atom. The summed E-state index contributed by atoms with van der Waals surface area (Å²) in [6.45, 7) is 0. The molecule has 0 fully saturated rings. The van der Waals surface area contributed by atoms with Gasteiger partial charge in [-0.25, -0.2) is 0 Å². The highest BCUT2D eigenvalue weighted by Crippen LogP contribution is 2.35. The molecule has 0 spiro atoms. The Kier molecular flexibility index (Phi) is 4.20. The zero-order chi connectivity index (χ0) is 17.1. The summed E-state index contributed by atoms with van der Waals surface area (Å²) >= 11 is 0. The average Bonchev–Trinajstić information content (AvgIpc) is 2.59. The lowest BCUT2D eigenvalue weighted by molar-refractivity contribution is 0.112. The van der Waals surface area contributed by atoms with Gasteiger partial charge in [0, 0.05) is 22.9 Å². The first-order chi connectivity index (χ1) is 11.6. The Bertz CT molecular complexity index is 810. The molecule has 0 saturated carbocycles. The van der Waals surface area contributed by atoms with Crippen LogP contribution in [0.25, 0.3) is 0 Å². The molecule has 0 aromatic heterocycles. The molecule has 0 aliphatic heterocycles. The lowest BCUT2D eigenvalue weighted by Crippen LogP contribution is -2.07. The van der Waals surface area contributed by atoms with E-state index < -0.39 is 0 Å². The lowest BCUT2D eigenvalue weighted by atomic mass is 9.83. The number of nitrogens with two attached hydrogens (primary N) is 2. The van der Waals surface area contributed by atoms with Crippen LogP contribution in [0.2, 0.25) is 0 Å². The van der Waals surface area contributed by atoms with Crippen molar-refractivity contribution in [2.24, 2.45) is 0 Å². The molecule has 0 saturated heterocycles. The number of phenols is 1. The third-order valence-corrected chi connectivity index (χ3v) is 4.05. The molecule has 24 heavy (non-hydrogen) atoms. The van der Waals surface area contributed by atoms with Crippen LogP contribution in [0.3, 0.4) is 0 Å². The summed E-state index contributed by atoms with van der Waals surface area (Å²) in [6, 6.07) is 19.8. The first kappa shape index (κ1) is 15.6. The van der Waals surface area contributed by atoms with E-state index in [0.717, 1.165) is 23.0 Å². The first-order valence-electron chi connectivity index (χ1n) is 7.57. The van der Waals surface area contributed by atoms with Gasteiger partial charge >= 0.3 is 0 Å². The van der Waals surface area contributed by atoms with Crippen molar-refractivity contribution in [2.75, 3.05) is 11.5 Å². The summed E-state index contributed by atoms with van der Waals surface area (Å²) in [5, 5.41) is 9.91. The Morgan fingerprint density at radius 1 is 0.792 bits per heavy atom. The highest BCUT2D eigenvalue weighted by molar-refractivity contribution is 5.79. The van der Waals surface area contributed by atoms with Gasteiger partial charge in [-0.2, -0.15) is 0 Å². The molecule has 4 nitrogen and oxygen atoms in total. The molecular formula is C20H18N2O2. The van der Waals surface area contributed by atoms with Gasteiger partial charge in [-0.15, -0.1) is 0 Å². The molecule has 3 aromatic rings. The normalized spacial score (nSPS) is 10.7. The van der Waals surface area contributed by atoms with E-state index in [2.05, 4.69) is 0 Å². The van der Waals surface area contributed by atoms with Crippen LogP contribution < -0.4 is 11.5 Å². The topological polar surface area (TPSA) is 89.3 Å². The standard InChI is InChI=1S/C20H18N2O2/c21-16-6-1-13(2-7-16)20(14-3-8-17(22)9-4-14)19-11-18(24)10-5-15(19)12-23/h1-12,20,24H,21-22H2. The van der Waals surface area contributed by atoms with Gasteiger partial charge in [0.1, 0.15) is 12.0 Å². The fourth-order valence-electron chi connectivity index (χ4n) is 2.85. The number of phenolic OH excluding ortho intramolecular Hbond substituents is 1. The molecule has 0 heterocycles. The van der Waals surface area contributed by atoms with E-state index in [1.165, 1.54) is 6.07 Å². The molecule has 4 heteroatoms. The predicted octanol–water partition coefficient (Wildman–Crippen LogP) is 3.55. The molecule has 5 N–H and O–H groups in total. The Labute approximate surface area is 140 Å². The second-order valence-electron chi connectivity index (χ2n) is 5.70. The Balaban J connectivity index is 2.22. The molecule has 0 amide bonds. The summed E-state index contributed by atoms with van der Waals surface area (Å²) in [5.41, 5.74) is 16.1. The Hall–Kier alpha value is -3.27. The monoisotopic (exact) mass is 318 g/mol. The van der Waals surface area contributed by atoms with Crippen LogP contribution in [0.5, 0.6) is 5.75 Å².